The lowest BCUT2D eigenvalue weighted by molar-refractivity contribution is -0.125. The van der Waals surface area contributed by atoms with E-state index in [1.807, 2.05) is 13.8 Å². The van der Waals surface area contributed by atoms with Gasteiger partial charge in [-0.15, -0.1) is 0 Å². The number of unbranched alkanes of at least 4 members (excludes halogenated alkanes) is 1. The van der Waals surface area contributed by atoms with Crippen molar-refractivity contribution in [1.29, 1.82) is 0 Å². The molecule has 0 heterocycles. The zero-order valence-electron chi connectivity index (χ0n) is 13.7. The number of Topliss-reactive ketones (excluding diaryl/α,β-unsaturated/α-hetero) is 1. The molecular weight excluding hydrogens is 281 g/mol. The highest BCUT2D eigenvalue weighted by Gasteiger charge is 2.19. The van der Waals surface area contributed by atoms with Gasteiger partial charge < -0.3 is 5.32 Å². The molecule has 0 saturated carbocycles. The van der Waals surface area contributed by atoms with E-state index >= 15 is 0 Å². The number of benzene rings is 1. The van der Waals surface area contributed by atoms with Crippen LogP contribution in [0, 0.1) is 11.7 Å². The van der Waals surface area contributed by atoms with Crippen molar-refractivity contribution >= 4 is 11.7 Å². The molecule has 0 aliphatic rings. The summed E-state index contributed by atoms with van der Waals surface area (Å²) in [5.41, 5.74) is 0.473. The number of carbonyl (C=O) groups excluding carboxylic acids is 2. The normalized spacial score (nSPS) is 13.5. The van der Waals surface area contributed by atoms with Crippen LogP contribution in [0.5, 0.6) is 0 Å². The van der Waals surface area contributed by atoms with E-state index in [9.17, 15) is 14.0 Å². The van der Waals surface area contributed by atoms with Crippen LogP contribution in [0.1, 0.15) is 63.2 Å². The summed E-state index contributed by atoms with van der Waals surface area (Å²) >= 11 is 0. The summed E-state index contributed by atoms with van der Waals surface area (Å²) in [5.74, 6) is -0.410. The maximum absolute atomic E-state index is 12.8. The molecular formula is C18H26FNO2. The maximum Gasteiger partial charge on any atom is 0.223 e. The number of hydrogen-bond acceptors (Lipinski definition) is 2. The molecule has 0 fully saturated rings. The van der Waals surface area contributed by atoms with Crippen LogP contribution < -0.4 is 5.32 Å². The Labute approximate surface area is 132 Å². The molecule has 0 saturated heterocycles. The van der Waals surface area contributed by atoms with Gasteiger partial charge in [-0.25, -0.2) is 4.39 Å². The van der Waals surface area contributed by atoms with Crippen LogP contribution in [0.15, 0.2) is 24.3 Å². The standard InChI is InChI=1S/C18H26FNO2/c1-4-6-7-14(5-2)18(22)20-13(3)12-17(21)15-8-10-16(19)11-9-15/h8-11,13-14H,4-7,12H2,1-3H3,(H,20,22). The van der Waals surface area contributed by atoms with Crippen molar-refractivity contribution in [2.45, 2.75) is 58.9 Å². The SMILES string of the molecule is CCCCC(CC)C(=O)NC(C)CC(=O)c1ccc(F)cc1. The average Bonchev–Trinajstić information content (AvgIpc) is 2.48. The van der Waals surface area contributed by atoms with E-state index in [1.54, 1.807) is 0 Å². The summed E-state index contributed by atoms with van der Waals surface area (Å²) in [6, 6.07) is 5.27. The molecule has 1 N–H and O–H groups in total. The molecule has 2 atom stereocenters. The van der Waals surface area contributed by atoms with Crippen LogP contribution in [-0.2, 0) is 4.79 Å². The molecule has 0 spiro atoms. The number of halogens is 1. The molecule has 0 aliphatic carbocycles. The quantitative estimate of drug-likeness (QED) is 0.698. The lowest BCUT2D eigenvalue weighted by Crippen LogP contribution is -2.38. The van der Waals surface area contributed by atoms with E-state index in [0.717, 1.165) is 25.7 Å². The summed E-state index contributed by atoms with van der Waals surface area (Å²) < 4.78 is 12.8. The van der Waals surface area contributed by atoms with Crippen LogP contribution in [0.2, 0.25) is 0 Å². The van der Waals surface area contributed by atoms with E-state index in [1.165, 1.54) is 24.3 Å². The molecule has 122 valence electrons. The molecule has 1 aromatic rings. The van der Waals surface area contributed by atoms with Crippen molar-refractivity contribution in [2.24, 2.45) is 5.92 Å². The van der Waals surface area contributed by atoms with Gasteiger partial charge in [-0.05, 0) is 44.0 Å². The first-order valence-electron chi connectivity index (χ1n) is 8.07. The highest BCUT2D eigenvalue weighted by Crippen LogP contribution is 2.14. The largest absolute Gasteiger partial charge is 0.353 e. The van der Waals surface area contributed by atoms with E-state index in [2.05, 4.69) is 12.2 Å². The van der Waals surface area contributed by atoms with Gasteiger partial charge in [-0.1, -0.05) is 26.7 Å². The van der Waals surface area contributed by atoms with Gasteiger partial charge in [-0.3, -0.25) is 9.59 Å². The summed E-state index contributed by atoms with van der Waals surface area (Å²) in [6.07, 6.45) is 4.03. The summed E-state index contributed by atoms with van der Waals surface area (Å²) in [7, 11) is 0. The van der Waals surface area contributed by atoms with Gasteiger partial charge in [-0.2, -0.15) is 0 Å². The smallest absolute Gasteiger partial charge is 0.223 e. The van der Waals surface area contributed by atoms with Crippen molar-refractivity contribution in [2.75, 3.05) is 0 Å². The Balaban J connectivity index is 2.50. The number of nitrogens with one attached hydrogen (secondary N) is 1. The van der Waals surface area contributed by atoms with Crippen molar-refractivity contribution in [3.05, 3.63) is 35.6 Å². The number of rotatable bonds is 9. The van der Waals surface area contributed by atoms with Gasteiger partial charge in [0.15, 0.2) is 5.78 Å². The fourth-order valence-electron chi connectivity index (χ4n) is 2.41. The van der Waals surface area contributed by atoms with Gasteiger partial charge in [0.2, 0.25) is 5.91 Å². The van der Waals surface area contributed by atoms with Crippen molar-refractivity contribution in [1.82, 2.24) is 5.32 Å². The van der Waals surface area contributed by atoms with Crippen LogP contribution in [0.25, 0.3) is 0 Å². The molecule has 1 rings (SSSR count). The zero-order valence-corrected chi connectivity index (χ0v) is 13.7. The Morgan fingerprint density at radius 3 is 2.36 bits per heavy atom. The van der Waals surface area contributed by atoms with Crippen LogP contribution in [-0.4, -0.2) is 17.7 Å². The highest BCUT2D eigenvalue weighted by molar-refractivity contribution is 5.96. The second-order valence-corrected chi connectivity index (χ2v) is 5.79. The van der Waals surface area contributed by atoms with Crippen LogP contribution in [0.4, 0.5) is 4.39 Å². The third-order valence-electron chi connectivity index (χ3n) is 3.82. The third kappa shape index (κ3) is 5.96. The Morgan fingerprint density at radius 2 is 1.82 bits per heavy atom. The monoisotopic (exact) mass is 307 g/mol. The molecule has 1 amide bonds. The maximum atomic E-state index is 12.8. The van der Waals surface area contributed by atoms with Crippen molar-refractivity contribution in [3.63, 3.8) is 0 Å². The first-order valence-corrected chi connectivity index (χ1v) is 8.07. The second-order valence-electron chi connectivity index (χ2n) is 5.79. The number of amides is 1. The van der Waals surface area contributed by atoms with Gasteiger partial charge in [0.1, 0.15) is 5.82 Å². The Hall–Kier alpha value is -1.71. The molecule has 4 heteroatoms. The van der Waals surface area contributed by atoms with Gasteiger partial charge in [0.25, 0.3) is 0 Å². The van der Waals surface area contributed by atoms with E-state index < -0.39 is 0 Å². The second kappa shape index (κ2) is 9.34. The first kappa shape index (κ1) is 18.3. The Kier molecular flexibility index (Phi) is 7.78. The molecule has 0 bridgehead atoms. The fourth-order valence-corrected chi connectivity index (χ4v) is 2.41. The number of carbonyl (C=O) groups is 2. The summed E-state index contributed by atoms with van der Waals surface area (Å²) in [6.45, 7) is 5.94. The number of ketones is 1. The zero-order chi connectivity index (χ0) is 16.5. The van der Waals surface area contributed by atoms with E-state index in [-0.39, 0.29) is 35.9 Å². The lowest BCUT2D eigenvalue weighted by Gasteiger charge is -2.19. The highest BCUT2D eigenvalue weighted by atomic mass is 19.1. The minimum absolute atomic E-state index is 0.0170. The lowest BCUT2D eigenvalue weighted by atomic mass is 9.97. The predicted molar refractivity (Wildman–Crippen MR) is 86.3 cm³/mol. The topological polar surface area (TPSA) is 46.2 Å². The molecule has 0 radical (unpaired) electrons. The Bertz CT molecular complexity index is 484. The fraction of sp³-hybridized carbons (Fsp3) is 0.556. The minimum Gasteiger partial charge on any atom is -0.353 e. The minimum atomic E-state index is -0.361. The van der Waals surface area contributed by atoms with Crippen LogP contribution in [0.3, 0.4) is 0 Å². The molecule has 22 heavy (non-hydrogen) atoms. The average molecular weight is 307 g/mol. The Morgan fingerprint density at radius 1 is 1.18 bits per heavy atom. The third-order valence-corrected chi connectivity index (χ3v) is 3.82. The van der Waals surface area contributed by atoms with Crippen molar-refractivity contribution in [3.8, 4) is 0 Å². The van der Waals surface area contributed by atoms with Crippen LogP contribution >= 0.6 is 0 Å². The van der Waals surface area contributed by atoms with Gasteiger partial charge >= 0.3 is 0 Å². The first-order chi connectivity index (χ1) is 10.5. The predicted octanol–water partition coefficient (Wildman–Crippen LogP) is 4.12. The molecule has 1 aromatic carbocycles. The number of hydrogen-bond donors (Lipinski definition) is 1. The summed E-state index contributed by atoms with van der Waals surface area (Å²) in [5, 5.41) is 2.92. The molecule has 2 unspecified atom stereocenters. The van der Waals surface area contributed by atoms with E-state index in [4.69, 9.17) is 0 Å². The molecule has 0 aromatic heterocycles. The van der Waals surface area contributed by atoms with Crippen molar-refractivity contribution < 1.29 is 14.0 Å². The van der Waals surface area contributed by atoms with Gasteiger partial charge in [0.05, 0.1) is 0 Å². The van der Waals surface area contributed by atoms with Gasteiger partial charge in [0, 0.05) is 23.9 Å². The summed E-state index contributed by atoms with van der Waals surface area (Å²) in [4.78, 5) is 24.3. The molecule has 3 nitrogen and oxygen atoms in total. The molecule has 0 aliphatic heterocycles. The van der Waals surface area contributed by atoms with E-state index in [0.29, 0.717) is 5.56 Å².